The number of guanidine groups is 1. The van der Waals surface area contributed by atoms with Gasteiger partial charge in [0.2, 0.25) is 0 Å². The van der Waals surface area contributed by atoms with E-state index >= 15 is 0 Å². The van der Waals surface area contributed by atoms with Gasteiger partial charge in [0, 0.05) is 65.5 Å². The second-order valence-corrected chi connectivity index (χ2v) is 7.25. The lowest BCUT2D eigenvalue weighted by molar-refractivity contribution is -0.142. The van der Waals surface area contributed by atoms with Crippen molar-refractivity contribution in [3.63, 3.8) is 0 Å². The Balaban J connectivity index is 0.00000261. The molecule has 0 spiro atoms. The Hall–Kier alpha value is -0.650. The normalized spacial score (nSPS) is 27.4. The van der Waals surface area contributed by atoms with E-state index in [-0.39, 0.29) is 36.0 Å². The van der Waals surface area contributed by atoms with Gasteiger partial charge in [-0.1, -0.05) is 0 Å². The third-order valence-electron chi connectivity index (χ3n) is 5.50. The zero-order chi connectivity index (χ0) is 18.4. The van der Waals surface area contributed by atoms with Gasteiger partial charge in [-0.25, -0.2) is 0 Å². The molecule has 0 aliphatic carbocycles. The van der Waals surface area contributed by atoms with Crippen LogP contribution in [0.2, 0.25) is 0 Å². The van der Waals surface area contributed by atoms with Crippen LogP contribution in [-0.4, -0.2) is 111 Å². The maximum absolute atomic E-state index is 12.4. The fourth-order valence-electron chi connectivity index (χ4n) is 3.85. The van der Waals surface area contributed by atoms with Gasteiger partial charge in [0.05, 0.1) is 13.2 Å². The van der Waals surface area contributed by atoms with Crippen LogP contribution in [0.5, 0.6) is 0 Å². The minimum absolute atomic E-state index is 0. The summed E-state index contributed by atoms with van der Waals surface area (Å²) in [6, 6.07) is 0.472. The third kappa shape index (κ3) is 6.16. The lowest BCUT2D eigenvalue weighted by Gasteiger charge is -2.38. The summed E-state index contributed by atoms with van der Waals surface area (Å²) < 4.78 is 11.0. The molecule has 0 saturated carbocycles. The molecule has 3 aliphatic heterocycles. The number of carbonyl (C=O) groups excluding carboxylic acids is 1. The number of rotatable bonds is 4. The molecule has 0 aromatic heterocycles. The van der Waals surface area contributed by atoms with Crippen molar-refractivity contribution >= 4 is 35.8 Å². The molecule has 8 nitrogen and oxygen atoms in total. The predicted molar refractivity (Wildman–Crippen MR) is 116 cm³/mol. The summed E-state index contributed by atoms with van der Waals surface area (Å²) in [5, 5.41) is 3.47. The molecule has 0 aromatic carbocycles. The van der Waals surface area contributed by atoms with Crippen LogP contribution in [0.1, 0.15) is 19.8 Å². The Kier molecular flexibility index (Phi) is 9.54. The van der Waals surface area contributed by atoms with E-state index in [9.17, 15) is 4.79 Å². The van der Waals surface area contributed by atoms with E-state index in [0.717, 1.165) is 77.8 Å². The zero-order valence-electron chi connectivity index (χ0n) is 16.6. The Bertz CT molecular complexity index is 493. The molecule has 1 N–H and O–H groups in total. The number of nitrogens with one attached hydrogen (secondary N) is 1. The SMILES string of the molecule is CN=C(NCCN1CCOCC1C)N1CCN(C(=O)C2CCCO2)CC1.I. The molecule has 0 radical (unpaired) electrons. The van der Waals surface area contributed by atoms with E-state index < -0.39 is 0 Å². The maximum atomic E-state index is 12.4. The molecule has 1 amide bonds. The molecule has 2 atom stereocenters. The lowest BCUT2D eigenvalue weighted by Crippen LogP contribution is -2.56. The molecule has 0 bridgehead atoms. The number of halogens is 1. The van der Waals surface area contributed by atoms with Crippen LogP contribution in [0, 0.1) is 0 Å². The number of piperazine rings is 1. The summed E-state index contributed by atoms with van der Waals surface area (Å²) in [5.41, 5.74) is 0. The molecule has 2 unspecified atom stereocenters. The van der Waals surface area contributed by atoms with Crippen LogP contribution in [-0.2, 0) is 14.3 Å². The van der Waals surface area contributed by atoms with Crippen molar-refractivity contribution in [2.45, 2.75) is 31.9 Å². The summed E-state index contributed by atoms with van der Waals surface area (Å²) in [5.74, 6) is 1.08. The van der Waals surface area contributed by atoms with Gasteiger partial charge in [0.25, 0.3) is 5.91 Å². The van der Waals surface area contributed by atoms with Crippen molar-refractivity contribution in [1.29, 1.82) is 0 Å². The Labute approximate surface area is 179 Å². The van der Waals surface area contributed by atoms with Crippen molar-refractivity contribution in [2.75, 3.05) is 72.7 Å². The number of hydrogen-bond donors (Lipinski definition) is 1. The highest BCUT2D eigenvalue weighted by atomic mass is 127. The van der Waals surface area contributed by atoms with Crippen LogP contribution in [0.25, 0.3) is 0 Å². The van der Waals surface area contributed by atoms with Gasteiger partial charge in [-0.05, 0) is 19.8 Å². The molecule has 0 aromatic rings. The van der Waals surface area contributed by atoms with Crippen LogP contribution < -0.4 is 5.32 Å². The average molecular weight is 495 g/mol. The first-order valence-electron chi connectivity index (χ1n) is 9.87. The van der Waals surface area contributed by atoms with Crippen molar-refractivity contribution in [2.24, 2.45) is 4.99 Å². The van der Waals surface area contributed by atoms with Crippen molar-refractivity contribution in [1.82, 2.24) is 20.0 Å². The quantitative estimate of drug-likeness (QED) is 0.342. The minimum atomic E-state index is -0.213. The maximum Gasteiger partial charge on any atom is 0.251 e. The van der Waals surface area contributed by atoms with E-state index in [1.54, 1.807) is 0 Å². The highest BCUT2D eigenvalue weighted by molar-refractivity contribution is 14.0. The third-order valence-corrected chi connectivity index (χ3v) is 5.50. The molecule has 3 heterocycles. The first kappa shape index (κ1) is 22.6. The topological polar surface area (TPSA) is 69.6 Å². The van der Waals surface area contributed by atoms with E-state index in [1.807, 2.05) is 11.9 Å². The minimum Gasteiger partial charge on any atom is -0.379 e. The largest absolute Gasteiger partial charge is 0.379 e. The molecule has 156 valence electrons. The van der Waals surface area contributed by atoms with Crippen LogP contribution in [0.4, 0.5) is 0 Å². The smallest absolute Gasteiger partial charge is 0.251 e. The highest BCUT2D eigenvalue weighted by Gasteiger charge is 2.31. The monoisotopic (exact) mass is 495 g/mol. The number of nitrogens with zero attached hydrogens (tertiary/aromatic N) is 4. The number of ether oxygens (including phenoxy) is 2. The number of aliphatic imine (C=N–C) groups is 1. The first-order valence-corrected chi connectivity index (χ1v) is 9.87. The molecule has 3 rings (SSSR count). The molecule has 3 fully saturated rings. The Morgan fingerprint density at radius 1 is 1.15 bits per heavy atom. The van der Waals surface area contributed by atoms with Crippen molar-refractivity contribution in [3.05, 3.63) is 0 Å². The predicted octanol–water partition coefficient (Wildman–Crippen LogP) is 0.224. The zero-order valence-corrected chi connectivity index (χ0v) is 18.9. The highest BCUT2D eigenvalue weighted by Crippen LogP contribution is 2.16. The summed E-state index contributed by atoms with van der Waals surface area (Å²) >= 11 is 0. The summed E-state index contributed by atoms with van der Waals surface area (Å²) in [7, 11) is 1.82. The standard InChI is InChI=1S/C18H33N5O3.HI/c1-15-14-25-13-11-21(15)6-5-20-18(19-2)23-9-7-22(8-10-23)17(24)16-4-3-12-26-16;/h15-16H,3-14H2,1-2H3,(H,19,20);1H. The van der Waals surface area contributed by atoms with Crippen molar-refractivity contribution in [3.8, 4) is 0 Å². The van der Waals surface area contributed by atoms with Gasteiger partial charge in [0.1, 0.15) is 6.10 Å². The molecular formula is C18H34IN5O3. The lowest BCUT2D eigenvalue weighted by atomic mass is 10.2. The van der Waals surface area contributed by atoms with Gasteiger partial charge in [-0.15, -0.1) is 24.0 Å². The van der Waals surface area contributed by atoms with Gasteiger partial charge >= 0.3 is 0 Å². The van der Waals surface area contributed by atoms with E-state index in [2.05, 4.69) is 27.0 Å². The van der Waals surface area contributed by atoms with Crippen molar-refractivity contribution < 1.29 is 14.3 Å². The molecular weight excluding hydrogens is 461 g/mol. The van der Waals surface area contributed by atoms with E-state index in [0.29, 0.717) is 12.6 Å². The van der Waals surface area contributed by atoms with Crippen LogP contribution >= 0.6 is 24.0 Å². The molecule has 27 heavy (non-hydrogen) atoms. The fraction of sp³-hybridized carbons (Fsp3) is 0.889. The van der Waals surface area contributed by atoms with Crippen LogP contribution in [0.3, 0.4) is 0 Å². The number of morpholine rings is 1. The second-order valence-electron chi connectivity index (χ2n) is 7.25. The number of carbonyl (C=O) groups is 1. The average Bonchev–Trinajstić information content (AvgIpc) is 3.21. The summed E-state index contributed by atoms with van der Waals surface area (Å²) in [6.07, 6.45) is 1.64. The van der Waals surface area contributed by atoms with E-state index in [4.69, 9.17) is 9.47 Å². The Morgan fingerprint density at radius 3 is 2.52 bits per heavy atom. The number of amides is 1. The van der Waals surface area contributed by atoms with Gasteiger partial charge in [-0.3, -0.25) is 14.7 Å². The molecule has 9 heteroatoms. The van der Waals surface area contributed by atoms with Gasteiger partial charge in [-0.2, -0.15) is 0 Å². The number of hydrogen-bond acceptors (Lipinski definition) is 5. The van der Waals surface area contributed by atoms with E-state index in [1.165, 1.54) is 0 Å². The summed E-state index contributed by atoms with van der Waals surface area (Å²) in [4.78, 5) is 23.5. The van der Waals surface area contributed by atoms with Gasteiger partial charge in [0.15, 0.2) is 5.96 Å². The molecule has 3 saturated heterocycles. The molecule has 3 aliphatic rings. The summed E-state index contributed by atoms with van der Waals surface area (Å²) in [6.45, 7) is 10.5. The Morgan fingerprint density at radius 2 is 1.89 bits per heavy atom. The van der Waals surface area contributed by atoms with Gasteiger partial charge < -0.3 is 24.6 Å². The second kappa shape index (κ2) is 11.4. The van der Waals surface area contributed by atoms with Crippen LogP contribution in [0.15, 0.2) is 4.99 Å². The first-order chi connectivity index (χ1) is 12.7. The fourth-order valence-corrected chi connectivity index (χ4v) is 3.85.